The van der Waals surface area contributed by atoms with Crippen LogP contribution in [-0.2, 0) is 43.2 Å². The summed E-state index contributed by atoms with van der Waals surface area (Å²) in [5, 5.41) is 6.40. The summed E-state index contributed by atoms with van der Waals surface area (Å²) in [6, 6.07) is 28.5. The molecule has 76 heavy (non-hydrogen) atoms. The molecule has 1 heterocycles. The molecule has 0 aromatic heterocycles. The van der Waals surface area contributed by atoms with Gasteiger partial charge in [-0.05, 0) is 204 Å². The van der Waals surface area contributed by atoms with Crippen LogP contribution in [0, 0.1) is 11.8 Å². The molecule has 0 radical (unpaired) electrons. The first-order chi connectivity index (χ1) is 35.3. The first-order valence-corrected chi connectivity index (χ1v) is 33.0. The summed E-state index contributed by atoms with van der Waals surface area (Å²) in [6.45, 7) is 36.4. The number of nitrogens with one attached hydrogen (secondary N) is 3. The van der Waals surface area contributed by atoms with Crippen LogP contribution in [-0.4, -0.2) is 96.8 Å². The lowest BCUT2D eigenvalue weighted by atomic mass is 10.1. The summed E-state index contributed by atoms with van der Waals surface area (Å²) in [4.78, 5) is 1.01. The predicted molar refractivity (Wildman–Crippen MR) is 333 cm³/mol. The average molecular weight is 1310 g/mol. The van der Waals surface area contributed by atoms with E-state index in [1.165, 1.54) is 15.4 Å². The third-order valence-corrected chi connectivity index (χ3v) is 17.1. The van der Waals surface area contributed by atoms with E-state index in [4.69, 9.17) is 17.2 Å². The molecule has 0 amide bonds. The van der Waals surface area contributed by atoms with Crippen LogP contribution in [0.5, 0.6) is 0 Å². The Labute approximate surface area is 487 Å². The molecule has 2 aliphatic rings. The highest BCUT2D eigenvalue weighted by molar-refractivity contribution is 9.11. The minimum absolute atomic E-state index is 0. The summed E-state index contributed by atoms with van der Waals surface area (Å²) in [5.74, 6) is 1.23. The quantitative estimate of drug-likeness (QED) is 0.0619. The molecule has 1 aliphatic carbocycles. The van der Waals surface area contributed by atoms with Gasteiger partial charge in [0.1, 0.15) is 0 Å². The van der Waals surface area contributed by atoms with Gasteiger partial charge in [-0.15, -0.1) is 0 Å². The molecule has 0 unspecified atom stereocenters. The van der Waals surface area contributed by atoms with Crippen molar-refractivity contribution in [2.45, 2.75) is 175 Å². The maximum absolute atomic E-state index is 12.5. The fraction of sp³-hybridized carbons (Fsp3) is 0.571. The molecular weight excluding hydrogens is 1220 g/mol. The van der Waals surface area contributed by atoms with Gasteiger partial charge in [0.2, 0.25) is 30.1 Å². The summed E-state index contributed by atoms with van der Waals surface area (Å²) in [5.41, 5.74) is 18.3. The minimum atomic E-state index is -3.40. The molecule has 0 spiro atoms. The SMILES string of the molecule is CC(C)(C)N.CC(C)CN.CC(C)N(C(C)C)S(=O)(=O)c1ccc(Br)cc1.CC(C)NS(=O)(=O)c1ccc(Br)cc1.CCCN(CC1CC1)S(=O)(=O)c1ccc(Br)cc1.CCN.CCNCC.c1ccc2c(c1)CNC2. The van der Waals surface area contributed by atoms with Gasteiger partial charge < -0.3 is 27.8 Å². The topological polar surface area (TPSA) is 223 Å². The molecule has 436 valence electrons. The summed E-state index contributed by atoms with van der Waals surface area (Å²) < 4.78 is 81.4. The molecule has 14 nitrogen and oxygen atoms in total. The number of halogens is 3. The monoisotopic (exact) mass is 1310 g/mol. The third-order valence-electron chi connectivity index (χ3n) is 9.73. The van der Waals surface area contributed by atoms with Crippen molar-refractivity contribution in [1.82, 2.24) is 24.0 Å². The first-order valence-electron chi connectivity index (χ1n) is 26.3. The van der Waals surface area contributed by atoms with Gasteiger partial charge in [-0.1, -0.05) is 114 Å². The third kappa shape index (κ3) is 34.8. The highest BCUT2D eigenvalue weighted by Gasteiger charge is 2.31. The lowest BCUT2D eigenvalue weighted by Gasteiger charge is -2.29. The van der Waals surface area contributed by atoms with Gasteiger partial charge in [0.15, 0.2) is 0 Å². The maximum atomic E-state index is 12.5. The Kier molecular flexibility index (Phi) is 40.1. The van der Waals surface area contributed by atoms with Crippen LogP contribution in [0.1, 0.15) is 134 Å². The number of hydrogen-bond donors (Lipinski definition) is 6. The van der Waals surface area contributed by atoms with Gasteiger partial charge in [0.05, 0.1) is 14.7 Å². The molecule has 9 N–H and O–H groups in total. The molecule has 6 rings (SSSR count). The van der Waals surface area contributed by atoms with Crippen molar-refractivity contribution in [3.63, 3.8) is 0 Å². The van der Waals surface area contributed by atoms with Crippen molar-refractivity contribution in [1.29, 1.82) is 0 Å². The summed E-state index contributed by atoms with van der Waals surface area (Å²) in [6.07, 6.45) is 3.18. The molecule has 1 fully saturated rings. The molecule has 20 heteroatoms. The standard InChI is InChI=1S/C13H18BrNO2S.C12H18BrNO2S.C9H12BrNO2S.C8H9N.3C4H11N.C2H7N/c1-2-9-15(10-11-3-4-11)18(16,17)13-7-5-12(14)6-8-13;1-9(2)14(10(3)4)17(15,16)12-7-5-11(13)6-8-12;1-7(2)11-14(12,13)9-5-3-8(10)4-6-9;1-2-4-8-6-9-5-7(8)3-1;1-4(2,3)5;1-4(2)3-5;1-3-5-4-2;1-2-3/h5-8,11H,2-4,9-10H2,1H3;5-10H,1-4H3;3-7,11H,1-2H3;1-4,9H,5-6H2;5H2,1-3H3;4H,3,5H2,1-2H3;5H,3-4H2,1-2H3;2-3H2,1H3. The van der Waals surface area contributed by atoms with Crippen LogP contribution < -0.4 is 32.6 Å². The minimum Gasteiger partial charge on any atom is -0.331 e. The number of sulfonamides is 3. The van der Waals surface area contributed by atoms with E-state index in [-0.39, 0.29) is 28.6 Å². The second-order valence-electron chi connectivity index (χ2n) is 20.2. The zero-order valence-corrected chi connectivity index (χ0v) is 55.5. The number of nitrogens with two attached hydrogens (primary N) is 3. The van der Waals surface area contributed by atoms with E-state index in [9.17, 15) is 25.3 Å². The summed E-state index contributed by atoms with van der Waals surface area (Å²) >= 11 is 9.87. The van der Waals surface area contributed by atoms with Crippen molar-refractivity contribution in [2.75, 3.05) is 39.3 Å². The van der Waals surface area contributed by atoms with Gasteiger partial charge in [-0.25, -0.2) is 30.0 Å². The van der Waals surface area contributed by atoms with Crippen molar-refractivity contribution in [3.05, 3.63) is 122 Å². The fourth-order valence-corrected chi connectivity index (χ4v) is 11.7. The highest BCUT2D eigenvalue weighted by Crippen LogP contribution is 2.32. The Bertz CT molecular complexity index is 2420. The fourth-order valence-electron chi connectivity index (χ4n) is 6.26. The van der Waals surface area contributed by atoms with Crippen molar-refractivity contribution in [3.8, 4) is 0 Å². The molecule has 4 aromatic rings. The molecule has 0 saturated heterocycles. The highest BCUT2D eigenvalue weighted by atomic mass is 79.9. The molecule has 0 bridgehead atoms. The van der Waals surface area contributed by atoms with E-state index in [0.717, 1.165) is 71.9 Å². The number of benzene rings is 4. The van der Waals surface area contributed by atoms with Crippen molar-refractivity contribution < 1.29 is 25.3 Å². The zero-order chi connectivity index (χ0) is 58.9. The van der Waals surface area contributed by atoms with Crippen LogP contribution in [0.2, 0.25) is 0 Å². The van der Waals surface area contributed by atoms with Crippen molar-refractivity contribution >= 4 is 77.9 Å². The normalized spacial score (nSPS) is 12.9. The van der Waals surface area contributed by atoms with Gasteiger partial charge in [-0.2, -0.15) is 8.61 Å². The zero-order valence-electron chi connectivity index (χ0n) is 48.3. The number of hydrogen-bond acceptors (Lipinski definition) is 11. The number of nitrogens with zero attached hydrogens (tertiary/aromatic N) is 2. The molecule has 1 aliphatic heterocycles. The van der Waals surface area contributed by atoms with Crippen LogP contribution >= 0.6 is 47.8 Å². The van der Waals surface area contributed by atoms with E-state index in [1.54, 1.807) is 90.9 Å². The summed E-state index contributed by atoms with van der Waals surface area (Å²) in [7, 11) is -10.1. The lowest BCUT2D eigenvalue weighted by molar-refractivity contribution is 0.302. The second kappa shape index (κ2) is 40.1. The average Bonchev–Trinajstić information content (AvgIpc) is 4.01. The van der Waals surface area contributed by atoms with Crippen molar-refractivity contribution in [2.24, 2.45) is 29.0 Å². The Morgan fingerprint density at radius 1 is 0.618 bits per heavy atom. The Balaban J connectivity index is 0. The Morgan fingerprint density at radius 3 is 1.24 bits per heavy atom. The molecule has 4 aromatic carbocycles. The van der Waals surface area contributed by atoms with Crippen LogP contribution in [0.15, 0.2) is 125 Å². The Hall–Kier alpha value is -2.15. The van der Waals surface area contributed by atoms with E-state index in [0.29, 0.717) is 34.7 Å². The number of rotatable bonds is 16. The lowest BCUT2D eigenvalue weighted by Crippen LogP contribution is -2.41. The largest absolute Gasteiger partial charge is 0.331 e. The van der Waals surface area contributed by atoms with E-state index < -0.39 is 30.1 Å². The predicted octanol–water partition coefficient (Wildman–Crippen LogP) is 11.9. The molecule has 0 atom stereocenters. The first kappa shape index (κ1) is 75.9. The maximum Gasteiger partial charge on any atom is 0.243 e. The molecule has 1 saturated carbocycles. The second-order valence-corrected chi connectivity index (χ2v) is 28.4. The Morgan fingerprint density at radius 2 is 0.961 bits per heavy atom. The van der Waals surface area contributed by atoms with Gasteiger partial charge in [0, 0.05) is 63.3 Å². The van der Waals surface area contributed by atoms with Gasteiger partial charge in [0.25, 0.3) is 0 Å². The van der Waals surface area contributed by atoms with Crippen LogP contribution in [0.3, 0.4) is 0 Å². The van der Waals surface area contributed by atoms with E-state index in [2.05, 4.69) is 115 Å². The number of fused-ring (bicyclic) bond motifs is 1. The van der Waals surface area contributed by atoms with Gasteiger partial charge in [-0.3, -0.25) is 0 Å². The van der Waals surface area contributed by atoms with Crippen LogP contribution in [0.25, 0.3) is 0 Å². The van der Waals surface area contributed by atoms with Gasteiger partial charge >= 0.3 is 0 Å². The van der Waals surface area contributed by atoms with E-state index >= 15 is 0 Å². The van der Waals surface area contributed by atoms with Crippen LogP contribution in [0.4, 0.5) is 0 Å². The molecular formula is C56H97Br3N8O6S3. The van der Waals surface area contributed by atoms with E-state index in [1.807, 2.05) is 62.3 Å². The smallest absolute Gasteiger partial charge is 0.243 e.